The van der Waals surface area contributed by atoms with Gasteiger partial charge in [0.15, 0.2) is 0 Å². The highest BCUT2D eigenvalue weighted by atomic mass is 15.2. The molecule has 2 aliphatic heterocycles. The van der Waals surface area contributed by atoms with Crippen LogP contribution in [0.4, 0.5) is 34.1 Å². The summed E-state index contributed by atoms with van der Waals surface area (Å²) in [6, 6.07) is 107. The fourth-order valence-electron chi connectivity index (χ4n) is 15.2. The third-order valence-corrected chi connectivity index (χ3v) is 18.6. The van der Waals surface area contributed by atoms with Gasteiger partial charge in [0.1, 0.15) is 0 Å². The summed E-state index contributed by atoms with van der Waals surface area (Å²) in [4.78, 5) is 5.17. The number of nitrogens with zero attached hydrogens (tertiary/aromatic N) is 4. The third kappa shape index (κ3) is 6.15. The van der Waals surface area contributed by atoms with Crippen LogP contribution in [0.3, 0.4) is 0 Å². The minimum Gasteiger partial charge on any atom is -0.311 e. The SMILES string of the molecule is c1cc2c3c(c1)N(c1ccc4c5ccccc5c5ccccc5c4c1)c1cc(-n4c5ccccc5c5ccccc54)ccc1B3c1ccc(-n3c4ccccc4c4ccccc43)cc1N2c1ccc2c3ccccc3c3ccccc3c2c1. The van der Waals surface area contributed by atoms with Crippen molar-refractivity contribution < 1.29 is 0 Å². The largest absolute Gasteiger partial charge is 0.311 e. The number of aromatic nitrogens is 2. The minimum absolute atomic E-state index is 0.103. The molecule has 0 atom stereocenters. The van der Waals surface area contributed by atoms with E-state index < -0.39 is 0 Å². The van der Waals surface area contributed by atoms with Crippen molar-refractivity contribution in [2.45, 2.75) is 0 Å². The van der Waals surface area contributed by atoms with Gasteiger partial charge in [-0.05, 0) is 166 Å². The predicted molar refractivity (Wildman–Crippen MR) is 354 cm³/mol. The summed E-state index contributed by atoms with van der Waals surface area (Å²) in [7, 11) is 0. The van der Waals surface area contributed by atoms with E-state index in [-0.39, 0.29) is 6.71 Å². The molecule has 0 radical (unpaired) electrons. The Balaban J connectivity index is 0.916. The maximum atomic E-state index is 2.58. The van der Waals surface area contributed by atoms with Crippen molar-refractivity contribution in [2.24, 2.45) is 0 Å². The molecule has 0 saturated heterocycles. The Morgan fingerprint density at radius 3 is 0.807 bits per heavy atom. The summed E-state index contributed by atoms with van der Waals surface area (Å²) in [5.41, 5.74) is 17.7. The van der Waals surface area contributed by atoms with Crippen molar-refractivity contribution in [3.63, 3.8) is 0 Å². The van der Waals surface area contributed by atoms with Gasteiger partial charge in [-0.3, -0.25) is 0 Å². The maximum Gasteiger partial charge on any atom is 0.252 e. The number of anilines is 6. The van der Waals surface area contributed by atoms with Gasteiger partial charge in [0.2, 0.25) is 0 Å². The zero-order valence-electron chi connectivity index (χ0n) is 45.0. The average Bonchev–Trinajstić information content (AvgIpc) is 2.95. The molecule has 0 amide bonds. The lowest BCUT2D eigenvalue weighted by molar-refractivity contribution is 1.17. The molecule has 2 aliphatic rings. The highest BCUT2D eigenvalue weighted by Crippen LogP contribution is 2.49. The Labute approximate surface area is 478 Å². The molecular formula is C78H47BN4. The van der Waals surface area contributed by atoms with Gasteiger partial charge in [-0.25, -0.2) is 0 Å². The van der Waals surface area contributed by atoms with Crippen LogP contribution < -0.4 is 26.2 Å². The lowest BCUT2D eigenvalue weighted by Gasteiger charge is -2.44. The summed E-state index contributed by atoms with van der Waals surface area (Å²) >= 11 is 0. The molecule has 382 valence electrons. The molecular weight excluding hydrogens is 1000 g/mol. The first-order chi connectivity index (χ1) is 41.2. The smallest absolute Gasteiger partial charge is 0.252 e. The van der Waals surface area contributed by atoms with Crippen molar-refractivity contribution in [3.8, 4) is 11.4 Å². The topological polar surface area (TPSA) is 16.3 Å². The Morgan fingerprint density at radius 1 is 0.193 bits per heavy atom. The highest BCUT2D eigenvalue weighted by molar-refractivity contribution is 7.00. The lowest BCUT2D eigenvalue weighted by atomic mass is 9.33. The number of fused-ring (bicyclic) bond motifs is 22. The number of hydrogen-bond acceptors (Lipinski definition) is 2. The lowest BCUT2D eigenvalue weighted by Crippen LogP contribution is -2.61. The molecule has 0 spiro atoms. The summed E-state index contributed by atoms with van der Waals surface area (Å²) in [6.07, 6.45) is 0. The van der Waals surface area contributed by atoms with Gasteiger partial charge >= 0.3 is 0 Å². The maximum absolute atomic E-state index is 2.58. The van der Waals surface area contributed by atoms with Crippen molar-refractivity contribution >= 4 is 165 Å². The number of benzene rings is 15. The van der Waals surface area contributed by atoms with Gasteiger partial charge in [0.05, 0.1) is 22.1 Å². The molecule has 15 aromatic carbocycles. The van der Waals surface area contributed by atoms with Crippen molar-refractivity contribution in [1.29, 1.82) is 0 Å². The van der Waals surface area contributed by atoms with Gasteiger partial charge in [-0.2, -0.15) is 0 Å². The Morgan fingerprint density at radius 2 is 0.470 bits per heavy atom. The molecule has 17 aromatic rings. The van der Waals surface area contributed by atoms with Crippen LogP contribution in [-0.2, 0) is 0 Å². The van der Waals surface area contributed by atoms with Crippen LogP contribution in [0.2, 0.25) is 0 Å². The van der Waals surface area contributed by atoms with Crippen molar-refractivity contribution in [1.82, 2.24) is 9.13 Å². The molecule has 0 unspecified atom stereocenters. The van der Waals surface area contributed by atoms with Gasteiger partial charge in [-0.1, -0.05) is 200 Å². The van der Waals surface area contributed by atoms with Crippen LogP contribution in [0.5, 0.6) is 0 Å². The molecule has 0 saturated carbocycles. The van der Waals surface area contributed by atoms with E-state index in [9.17, 15) is 0 Å². The average molecular weight is 1050 g/mol. The van der Waals surface area contributed by atoms with Crippen LogP contribution in [0.25, 0.3) is 120 Å². The standard InChI is InChI=1S/C78H47BN4/c1-3-22-56-52(18-1)54-20-5-7-24-58(54)66-44-48(36-40-60(56)66)82-74-34-17-35-75-78(74)79(68-42-38-50(46-76(68)82)80-70-30-13-9-26-62(70)63-27-10-14-31-71(63)80)69-43-39-51(81-72-32-15-11-28-64(72)65-29-12-16-33-73(65)81)47-77(69)83(75)49-37-41-61-57-23-4-2-19-53(57)55-21-6-8-25-59(55)67(61)45-49/h1-47H. The molecule has 83 heavy (non-hydrogen) atoms. The summed E-state index contributed by atoms with van der Waals surface area (Å²) < 4.78 is 4.94. The molecule has 0 N–H and O–H groups in total. The van der Waals surface area contributed by atoms with Crippen molar-refractivity contribution in [2.75, 3.05) is 9.80 Å². The molecule has 2 aromatic heterocycles. The van der Waals surface area contributed by atoms with Crippen LogP contribution in [0, 0.1) is 0 Å². The van der Waals surface area contributed by atoms with E-state index in [1.807, 2.05) is 0 Å². The quantitative estimate of drug-likeness (QED) is 0.129. The van der Waals surface area contributed by atoms with Crippen LogP contribution in [0.1, 0.15) is 0 Å². The molecule has 0 aliphatic carbocycles. The van der Waals surface area contributed by atoms with Crippen LogP contribution >= 0.6 is 0 Å². The van der Waals surface area contributed by atoms with E-state index in [0.29, 0.717) is 0 Å². The first kappa shape index (κ1) is 44.9. The zero-order valence-corrected chi connectivity index (χ0v) is 45.0. The van der Waals surface area contributed by atoms with E-state index in [0.717, 1.165) is 22.7 Å². The Bertz CT molecular complexity index is 5170. The molecule has 4 nitrogen and oxygen atoms in total. The number of para-hydroxylation sites is 4. The van der Waals surface area contributed by atoms with Crippen LogP contribution in [0.15, 0.2) is 285 Å². The predicted octanol–water partition coefficient (Wildman–Crippen LogP) is 18.9. The summed E-state index contributed by atoms with van der Waals surface area (Å²) in [5, 5.41) is 20.1. The first-order valence-corrected chi connectivity index (χ1v) is 28.9. The molecule has 4 heterocycles. The van der Waals surface area contributed by atoms with Crippen molar-refractivity contribution in [3.05, 3.63) is 285 Å². The zero-order chi connectivity index (χ0) is 54.0. The minimum atomic E-state index is -0.103. The fraction of sp³-hybridized carbons (Fsp3) is 0. The highest BCUT2D eigenvalue weighted by Gasteiger charge is 2.44. The van der Waals surface area contributed by atoms with E-state index >= 15 is 0 Å². The number of rotatable bonds is 4. The molecule has 5 heteroatoms. The monoisotopic (exact) mass is 1050 g/mol. The van der Waals surface area contributed by atoms with Gasteiger partial charge in [0, 0.05) is 67.0 Å². The van der Waals surface area contributed by atoms with E-state index in [2.05, 4.69) is 304 Å². The van der Waals surface area contributed by atoms with Gasteiger partial charge < -0.3 is 18.9 Å². The van der Waals surface area contributed by atoms with Crippen LogP contribution in [-0.4, -0.2) is 15.8 Å². The second kappa shape index (κ2) is 16.8. The Kier molecular flexibility index (Phi) is 9.11. The van der Waals surface area contributed by atoms with E-state index in [1.165, 1.54) is 147 Å². The summed E-state index contributed by atoms with van der Waals surface area (Å²) in [5.74, 6) is 0. The molecule has 0 bridgehead atoms. The normalized spacial score (nSPS) is 13.0. The van der Waals surface area contributed by atoms with Gasteiger partial charge in [-0.15, -0.1) is 0 Å². The first-order valence-electron chi connectivity index (χ1n) is 28.9. The van der Waals surface area contributed by atoms with E-state index in [1.54, 1.807) is 0 Å². The second-order valence-corrected chi connectivity index (χ2v) is 22.7. The molecule has 0 fully saturated rings. The van der Waals surface area contributed by atoms with Gasteiger partial charge in [0.25, 0.3) is 6.71 Å². The van der Waals surface area contributed by atoms with E-state index in [4.69, 9.17) is 0 Å². The summed E-state index contributed by atoms with van der Waals surface area (Å²) in [6.45, 7) is -0.103. The fourth-order valence-corrected chi connectivity index (χ4v) is 15.2. The number of hydrogen-bond donors (Lipinski definition) is 0. The Hall–Kier alpha value is -10.9. The second-order valence-electron chi connectivity index (χ2n) is 22.7. The third-order valence-electron chi connectivity index (χ3n) is 18.6. The molecule has 19 rings (SSSR count).